The number of nitrogens with one attached hydrogen (secondary N) is 1. The molecule has 0 saturated carbocycles. The average Bonchev–Trinajstić information content (AvgIpc) is 2.96. The number of carbonyl (C=O) groups excluding carboxylic acids is 2. The van der Waals surface area contributed by atoms with Crippen molar-refractivity contribution in [1.29, 1.82) is 0 Å². The number of hydrogen-bond acceptors (Lipinski definition) is 3. The van der Waals surface area contributed by atoms with Crippen LogP contribution >= 0.6 is 24.0 Å². The lowest BCUT2D eigenvalue weighted by Gasteiger charge is -2.34. The van der Waals surface area contributed by atoms with Crippen molar-refractivity contribution < 1.29 is 9.59 Å². The van der Waals surface area contributed by atoms with Crippen LogP contribution in [0.2, 0.25) is 5.02 Å². The van der Waals surface area contributed by atoms with Gasteiger partial charge in [0.05, 0.1) is 0 Å². The topological polar surface area (TPSA) is 52.7 Å². The van der Waals surface area contributed by atoms with E-state index >= 15 is 0 Å². The molecule has 1 aromatic carbocycles. The largest absolute Gasteiger partial charge is 0.342 e. The second-order valence-corrected chi connectivity index (χ2v) is 7.10. The van der Waals surface area contributed by atoms with Crippen LogP contribution in [0.25, 0.3) is 0 Å². The molecule has 0 bridgehead atoms. The predicted octanol–water partition coefficient (Wildman–Crippen LogP) is 2.57. The molecule has 2 aliphatic heterocycles. The molecule has 0 aliphatic carbocycles. The van der Waals surface area contributed by atoms with Gasteiger partial charge in [0.1, 0.15) is 5.92 Å². The zero-order valence-electron chi connectivity index (χ0n) is 14.4. The first-order valence-corrected chi connectivity index (χ1v) is 8.98. The van der Waals surface area contributed by atoms with Crippen LogP contribution in [0, 0.1) is 11.8 Å². The smallest absolute Gasteiger partial charge is 0.239 e. The molecular formula is C18H25Cl2N3O2. The normalized spacial score (nSPS) is 23.5. The standard InChI is InChI=1S/C18H24ClN3O2.ClH/c1-20-11-13-4-3-8-21(12-13)17(23)16-7-9-22(18(16)24)15-6-2-5-14(19)10-15;/h2,5-6,10,13,16,20H,3-4,7-9,11-12H2,1H3;1H. The van der Waals surface area contributed by atoms with Gasteiger partial charge in [-0.05, 0) is 57.0 Å². The monoisotopic (exact) mass is 385 g/mol. The van der Waals surface area contributed by atoms with E-state index in [1.165, 1.54) is 0 Å². The Labute approximate surface area is 160 Å². The number of carbonyl (C=O) groups is 2. The molecule has 0 radical (unpaired) electrons. The van der Waals surface area contributed by atoms with Gasteiger partial charge in [0, 0.05) is 30.3 Å². The van der Waals surface area contributed by atoms with E-state index < -0.39 is 5.92 Å². The lowest BCUT2D eigenvalue weighted by molar-refractivity contribution is -0.141. The summed E-state index contributed by atoms with van der Waals surface area (Å²) in [6, 6.07) is 7.24. The summed E-state index contributed by atoms with van der Waals surface area (Å²) in [4.78, 5) is 29.1. The zero-order valence-corrected chi connectivity index (χ0v) is 16.0. The van der Waals surface area contributed by atoms with Crippen LogP contribution in [0.5, 0.6) is 0 Å². The van der Waals surface area contributed by atoms with E-state index in [9.17, 15) is 9.59 Å². The predicted molar refractivity (Wildman–Crippen MR) is 102 cm³/mol. The Kier molecular flexibility index (Phi) is 7.11. The van der Waals surface area contributed by atoms with Gasteiger partial charge >= 0.3 is 0 Å². The summed E-state index contributed by atoms with van der Waals surface area (Å²) in [6.07, 6.45) is 2.73. The molecule has 2 heterocycles. The number of likely N-dealkylation sites (tertiary alicyclic amines) is 1. The maximum Gasteiger partial charge on any atom is 0.239 e. The molecule has 5 nitrogen and oxygen atoms in total. The quantitative estimate of drug-likeness (QED) is 0.810. The third kappa shape index (κ3) is 4.46. The molecule has 2 atom stereocenters. The average molecular weight is 386 g/mol. The van der Waals surface area contributed by atoms with Gasteiger partial charge in [0.25, 0.3) is 0 Å². The van der Waals surface area contributed by atoms with Gasteiger partial charge in [-0.1, -0.05) is 17.7 Å². The fourth-order valence-electron chi connectivity index (χ4n) is 3.75. The minimum Gasteiger partial charge on any atom is -0.342 e. The van der Waals surface area contributed by atoms with Crippen molar-refractivity contribution in [2.45, 2.75) is 19.3 Å². The molecule has 2 unspecified atom stereocenters. The molecule has 3 rings (SSSR count). The fourth-order valence-corrected chi connectivity index (χ4v) is 3.93. The number of halogens is 2. The molecular weight excluding hydrogens is 361 g/mol. The van der Waals surface area contributed by atoms with E-state index in [2.05, 4.69) is 5.32 Å². The van der Waals surface area contributed by atoms with Gasteiger partial charge in [0.2, 0.25) is 11.8 Å². The third-order valence-electron chi connectivity index (χ3n) is 4.95. The van der Waals surface area contributed by atoms with Gasteiger partial charge in [-0.3, -0.25) is 9.59 Å². The first-order valence-electron chi connectivity index (χ1n) is 8.60. The molecule has 7 heteroatoms. The molecule has 2 aliphatic rings. The molecule has 25 heavy (non-hydrogen) atoms. The maximum atomic E-state index is 12.8. The number of piperidine rings is 1. The second kappa shape index (κ2) is 8.88. The summed E-state index contributed by atoms with van der Waals surface area (Å²) in [5, 5.41) is 3.78. The van der Waals surface area contributed by atoms with Gasteiger partial charge in [0.15, 0.2) is 0 Å². The van der Waals surface area contributed by atoms with E-state index in [1.54, 1.807) is 17.0 Å². The van der Waals surface area contributed by atoms with Crippen LogP contribution < -0.4 is 10.2 Å². The number of nitrogens with zero attached hydrogens (tertiary/aromatic N) is 2. The van der Waals surface area contributed by atoms with E-state index in [-0.39, 0.29) is 24.2 Å². The van der Waals surface area contributed by atoms with Gasteiger partial charge < -0.3 is 15.1 Å². The van der Waals surface area contributed by atoms with Crippen LogP contribution in [-0.4, -0.2) is 49.9 Å². The summed E-state index contributed by atoms with van der Waals surface area (Å²) in [5.41, 5.74) is 0.773. The van der Waals surface area contributed by atoms with Crippen molar-refractivity contribution in [3.05, 3.63) is 29.3 Å². The zero-order chi connectivity index (χ0) is 17.1. The summed E-state index contributed by atoms with van der Waals surface area (Å²) in [6.45, 7) is 3.00. The van der Waals surface area contributed by atoms with E-state index in [0.29, 0.717) is 23.9 Å². The van der Waals surface area contributed by atoms with Crippen LogP contribution in [0.15, 0.2) is 24.3 Å². The summed E-state index contributed by atoms with van der Waals surface area (Å²) in [5.74, 6) is -0.172. The van der Waals surface area contributed by atoms with Gasteiger partial charge in [-0.2, -0.15) is 0 Å². The SMILES string of the molecule is CNCC1CCCN(C(=O)C2CCN(c3cccc(Cl)c3)C2=O)C1.Cl. The molecule has 1 N–H and O–H groups in total. The van der Waals surface area contributed by atoms with Crippen LogP contribution in [0.3, 0.4) is 0 Å². The minimum atomic E-state index is -0.544. The number of anilines is 1. The van der Waals surface area contributed by atoms with Crippen molar-refractivity contribution >= 4 is 41.5 Å². The summed E-state index contributed by atoms with van der Waals surface area (Å²) in [7, 11) is 1.93. The van der Waals surface area contributed by atoms with Gasteiger partial charge in [-0.15, -0.1) is 12.4 Å². The number of benzene rings is 1. The van der Waals surface area contributed by atoms with Crippen molar-refractivity contribution in [2.24, 2.45) is 11.8 Å². The Morgan fingerprint density at radius 1 is 1.32 bits per heavy atom. The molecule has 2 amide bonds. The molecule has 138 valence electrons. The fraction of sp³-hybridized carbons (Fsp3) is 0.556. The number of hydrogen-bond donors (Lipinski definition) is 1. The Balaban J connectivity index is 0.00000225. The first kappa shape index (κ1) is 20.0. The third-order valence-corrected chi connectivity index (χ3v) is 5.18. The lowest BCUT2D eigenvalue weighted by Crippen LogP contribution is -2.46. The second-order valence-electron chi connectivity index (χ2n) is 6.66. The van der Waals surface area contributed by atoms with Crippen LogP contribution in [-0.2, 0) is 9.59 Å². The highest BCUT2D eigenvalue weighted by molar-refractivity contribution is 6.31. The van der Waals surface area contributed by atoms with Crippen molar-refractivity contribution in [3.8, 4) is 0 Å². The molecule has 2 saturated heterocycles. The summed E-state index contributed by atoms with van der Waals surface area (Å²) >= 11 is 6.02. The first-order chi connectivity index (χ1) is 11.6. The highest BCUT2D eigenvalue weighted by Gasteiger charge is 2.40. The maximum absolute atomic E-state index is 12.8. The van der Waals surface area contributed by atoms with E-state index in [0.717, 1.165) is 38.2 Å². The molecule has 0 aromatic heterocycles. The summed E-state index contributed by atoms with van der Waals surface area (Å²) < 4.78 is 0. The number of amides is 2. The van der Waals surface area contributed by atoms with Crippen molar-refractivity contribution in [1.82, 2.24) is 10.2 Å². The van der Waals surface area contributed by atoms with Crippen molar-refractivity contribution in [3.63, 3.8) is 0 Å². The van der Waals surface area contributed by atoms with Crippen LogP contribution in [0.4, 0.5) is 5.69 Å². The molecule has 1 aromatic rings. The Hall–Kier alpha value is -1.30. The van der Waals surface area contributed by atoms with E-state index in [4.69, 9.17) is 11.6 Å². The molecule has 0 spiro atoms. The van der Waals surface area contributed by atoms with Crippen LogP contribution in [0.1, 0.15) is 19.3 Å². The highest BCUT2D eigenvalue weighted by Crippen LogP contribution is 2.29. The Morgan fingerprint density at radius 3 is 2.84 bits per heavy atom. The molecule has 2 fully saturated rings. The Morgan fingerprint density at radius 2 is 2.12 bits per heavy atom. The van der Waals surface area contributed by atoms with Gasteiger partial charge in [-0.25, -0.2) is 0 Å². The highest BCUT2D eigenvalue weighted by atomic mass is 35.5. The van der Waals surface area contributed by atoms with E-state index in [1.807, 2.05) is 24.1 Å². The Bertz CT molecular complexity index is 624. The number of rotatable bonds is 4. The minimum absolute atomic E-state index is 0. The van der Waals surface area contributed by atoms with Crippen molar-refractivity contribution in [2.75, 3.05) is 38.1 Å². The lowest BCUT2D eigenvalue weighted by atomic mass is 9.96.